The number of alkyl halides is 5. The van der Waals surface area contributed by atoms with Gasteiger partial charge in [-0.2, -0.15) is 22.0 Å². The molecule has 2 heterocycles. The van der Waals surface area contributed by atoms with E-state index in [9.17, 15) is 26.7 Å². The highest BCUT2D eigenvalue weighted by molar-refractivity contribution is 6.31. The lowest BCUT2D eigenvalue weighted by molar-refractivity contribution is -0.137. The van der Waals surface area contributed by atoms with Crippen LogP contribution in [0.4, 0.5) is 27.8 Å². The molecule has 3 rings (SSSR count). The summed E-state index contributed by atoms with van der Waals surface area (Å²) in [7, 11) is 3.63. The first-order valence-corrected chi connectivity index (χ1v) is 9.90. The van der Waals surface area contributed by atoms with E-state index >= 15 is 0 Å². The van der Waals surface area contributed by atoms with Crippen LogP contribution in [0.1, 0.15) is 21.6 Å². The van der Waals surface area contributed by atoms with Gasteiger partial charge in [-0.05, 0) is 30.3 Å². The molecule has 1 N–H and O–H groups in total. The van der Waals surface area contributed by atoms with Crippen LogP contribution in [0.15, 0.2) is 54.9 Å². The SMILES string of the molecule is CN(C)c1ccc(-c2cnc(C(F)(F)CNC(=O)c3ccccc3C(F)(F)F)c(Cl)c2)cn1. The number of pyridine rings is 2. The van der Waals surface area contributed by atoms with E-state index in [0.717, 1.165) is 12.1 Å². The van der Waals surface area contributed by atoms with E-state index in [-0.39, 0.29) is 5.02 Å². The van der Waals surface area contributed by atoms with Gasteiger partial charge in [-0.1, -0.05) is 23.7 Å². The summed E-state index contributed by atoms with van der Waals surface area (Å²) in [5.74, 6) is -4.32. The van der Waals surface area contributed by atoms with E-state index in [4.69, 9.17) is 11.6 Å². The zero-order chi connectivity index (χ0) is 24.4. The van der Waals surface area contributed by atoms with Crippen LogP contribution in [0.5, 0.6) is 0 Å². The zero-order valence-electron chi connectivity index (χ0n) is 17.4. The molecular formula is C22H18ClF5N4O. The molecule has 5 nitrogen and oxygen atoms in total. The molecule has 3 aromatic rings. The van der Waals surface area contributed by atoms with Gasteiger partial charge in [0.25, 0.3) is 5.91 Å². The Hall–Kier alpha value is -3.27. The summed E-state index contributed by atoms with van der Waals surface area (Å²) in [5, 5.41) is 1.48. The molecule has 11 heteroatoms. The van der Waals surface area contributed by atoms with Crippen molar-refractivity contribution < 1.29 is 26.7 Å². The number of halogens is 6. The summed E-state index contributed by atoms with van der Waals surface area (Å²) in [5.41, 5.74) is -1.75. The number of rotatable bonds is 6. The average molecular weight is 485 g/mol. The lowest BCUT2D eigenvalue weighted by atomic mass is 10.1. The fourth-order valence-electron chi connectivity index (χ4n) is 2.98. The normalized spacial score (nSPS) is 11.9. The van der Waals surface area contributed by atoms with Crippen LogP contribution in [0.25, 0.3) is 11.1 Å². The smallest absolute Gasteiger partial charge is 0.363 e. The number of hydrogen-bond donors (Lipinski definition) is 1. The number of carbonyl (C=O) groups is 1. The van der Waals surface area contributed by atoms with Crippen molar-refractivity contribution in [3.8, 4) is 11.1 Å². The number of anilines is 1. The van der Waals surface area contributed by atoms with Gasteiger partial charge >= 0.3 is 12.1 Å². The molecule has 2 aromatic heterocycles. The third-order valence-electron chi connectivity index (χ3n) is 4.68. The number of hydrogen-bond acceptors (Lipinski definition) is 4. The Bertz CT molecular complexity index is 1150. The van der Waals surface area contributed by atoms with Crippen LogP contribution in [0, 0.1) is 0 Å². The number of benzene rings is 1. The van der Waals surface area contributed by atoms with Gasteiger partial charge < -0.3 is 10.2 Å². The molecule has 0 radical (unpaired) electrons. The second-order valence-corrected chi connectivity index (χ2v) is 7.69. The standard InChI is InChI=1S/C22H18ClF5N4O/c1-32(2)18-8-7-13(10-29-18)14-9-17(23)19(30-11-14)21(24,25)12-31-20(33)15-5-3-4-6-16(15)22(26,27)28/h3-11H,12H2,1-2H3,(H,31,33). The van der Waals surface area contributed by atoms with Crippen molar-refractivity contribution in [1.82, 2.24) is 15.3 Å². The van der Waals surface area contributed by atoms with Crippen molar-refractivity contribution in [3.05, 3.63) is 76.7 Å². The van der Waals surface area contributed by atoms with Crippen molar-refractivity contribution in [3.63, 3.8) is 0 Å². The molecule has 0 aliphatic heterocycles. The first kappa shape index (κ1) is 24.4. The molecule has 0 saturated heterocycles. The van der Waals surface area contributed by atoms with E-state index in [1.54, 1.807) is 23.2 Å². The van der Waals surface area contributed by atoms with Crippen LogP contribution < -0.4 is 10.2 Å². The van der Waals surface area contributed by atoms with Crippen LogP contribution in [-0.2, 0) is 12.1 Å². The molecular weight excluding hydrogens is 467 g/mol. The molecule has 0 unspecified atom stereocenters. The highest BCUT2D eigenvalue weighted by Crippen LogP contribution is 2.35. The minimum absolute atomic E-state index is 0.362. The third-order valence-corrected chi connectivity index (χ3v) is 4.96. The summed E-state index contributed by atoms with van der Waals surface area (Å²) in [4.78, 5) is 21.9. The first-order valence-electron chi connectivity index (χ1n) is 9.52. The summed E-state index contributed by atoms with van der Waals surface area (Å²) in [6.07, 6.45) is -2.09. The molecule has 0 saturated carbocycles. The third kappa shape index (κ3) is 5.57. The van der Waals surface area contributed by atoms with Crippen LogP contribution >= 0.6 is 11.6 Å². The van der Waals surface area contributed by atoms with Gasteiger partial charge in [0.1, 0.15) is 11.5 Å². The second-order valence-electron chi connectivity index (χ2n) is 7.28. The van der Waals surface area contributed by atoms with Gasteiger partial charge in [0, 0.05) is 37.6 Å². The van der Waals surface area contributed by atoms with Crippen molar-refractivity contribution in [2.75, 3.05) is 25.5 Å². The second kappa shape index (κ2) is 9.30. The quantitative estimate of drug-likeness (QED) is 0.476. The molecule has 33 heavy (non-hydrogen) atoms. The minimum atomic E-state index is -4.81. The van der Waals surface area contributed by atoms with Crippen LogP contribution in [0.2, 0.25) is 5.02 Å². The van der Waals surface area contributed by atoms with Gasteiger partial charge in [0.05, 0.1) is 22.7 Å². The van der Waals surface area contributed by atoms with E-state index in [0.29, 0.717) is 23.0 Å². The topological polar surface area (TPSA) is 58.1 Å². The monoisotopic (exact) mass is 484 g/mol. The highest BCUT2D eigenvalue weighted by atomic mass is 35.5. The molecule has 0 atom stereocenters. The van der Waals surface area contributed by atoms with Crippen molar-refractivity contribution >= 4 is 23.3 Å². The van der Waals surface area contributed by atoms with Gasteiger partial charge in [-0.25, -0.2) is 4.98 Å². The number of carbonyl (C=O) groups excluding carboxylic acids is 1. The van der Waals surface area contributed by atoms with Gasteiger partial charge in [0.15, 0.2) is 0 Å². The number of nitrogens with zero attached hydrogens (tertiary/aromatic N) is 3. The van der Waals surface area contributed by atoms with E-state index < -0.39 is 41.4 Å². The van der Waals surface area contributed by atoms with E-state index in [1.165, 1.54) is 18.3 Å². The maximum atomic E-state index is 14.7. The summed E-state index contributed by atoms with van der Waals surface area (Å²) < 4.78 is 68.6. The maximum absolute atomic E-state index is 14.7. The molecule has 0 spiro atoms. The van der Waals surface area contributed by atoms with Gasteiger partial charge in [0.2, 0.25) is 0 Å². The molecule has 0 aliphatic carbocycles. The highest BCUT2D eigenvalue weighted by Gasteiger charge is 2.38. The summed E-state index contributed by atoms with van der Waals surface area (Å²) in [6.45, 7) is -1.29. The predicted octanol–water partition coefficient (Wildman–Crippen LogP) is 5.40. The Morgan fingerprint density at radius 1 is 1.00 bits per heavy atom. The molecule has 1 aromatic carbocycles. The first-order chi connectivity index (χ1) is 15.4. The average Bonchev–Trinajstić information content (AvgIpc) is 2.76. The maximum Gasteiger partial charge on any atom is 0.417 e. The van der Waals surface area contributed by atoms with Crippen LogP contribution in [-0.4, -0.2) is 36.5 Å². The molecule has 0 aliphatic rings. The van der Waals surface area contributed by atoms with Crippen molar-refractivity contribution in [1.29, 1.82) is 0 Å². The van der Waals surface area contributed by atoms with Gasteiger partial charge in [-0.3, -0.25) is 9.78 Å². The molecule has 0 bridgehead atoms. The number of nitrogens with one attached hydrogen (secondary N) is 1. The Morgan fingerprint density at radius 2 is 1.67 bits per heavy atom. The van der Waals surface area contributed by atoms with Crippen molar-refractivity contribution in [2.45, 2.75) is 12.1 Å². The zero-order valence-corrected chi connectivity index (χ0v) is 18.2. The molecule has 1 amide bonds. The molecule has 174 valence electrons. The van der Waals surface area contributed by atoms with Crippen molar-refractivity contribution in [2.24, 2.45) is 0 Å². The van der Waals surface area contributed by atoms with Gasteiger partial charge in [-0.15, -0.1) is 0 Å². The lowest BCUT2D eigenvalue weighted by Crippen LogP contribution is -2.36. The Kier molecular flexibility index (Phi) is 6.87. The Morgan fingerprint density at radius 3 is 2.24 bits per heavy atom. The summed E-state index contributed by atoms with van der Waals surface area (Å²) in [6, 6.07) is 8.66. The van der Waals surface area contributed by atoms with E-state index in [2.05, 4.69) is 9.97 Å². The Balaban J connectivity index is 1.77. The Labute approximate surface area is 191 Å². The fraction of sp³-hybridized carbons (Fsp3) is 0.227. The fourth-order valence-corrected chi connectivity index (χ4v) is 3.29. The largest absolute Gasteiger partial charge is 0.417 e. The van der Waals surface area contributed by atoms with Crippen LogP contribution in [0.3, 0.4) is 0 Å². The molecule has 0 fully saturated rings. The number of amides is 1. The minimum Gasteiger partial charge on any atom is -0.363 e. The summed E-state index contributed by atoms with van der Waals surface area (Å²) >= 11 is 6.03. The lowest BCUT2D eigenvalue weighted by Gasteiger charge is -2.19. The number of aromatic nitrogens is 2. The predicted molar refractivity (Wildman–Crippen MR) is 114 cm³/mol. The van der Waals surface area contributed by atoms with E-state index in [1.807, 2.05) is 19.4 Å².